The molecule has 0 aliphatic heterocycles. The zero-order valence-electron chi connectivity index (χ0n) is 9.08. The molecule has 5 N–H and O–H groups in total. The molecule has 0 aromatic carbocycles. The Morgan fingerprint density at radius 3 is 2.00 bits per heavy atom. The lowest BCUT2D eigenvalue weighted by atomic mass is 10.0. The quantitative estimate of drug-likeness (QED) is 0.528. The van der Waals surface area contributed by atoms with Crippen molar-refractivity contribution in [3.8, 4) is 0 Å². The molecule has 3 atom stereocenters. The van der Waals surface area contributed by atoms with Gasteiger partial charge >= 0.3 is 12.1 Å². The molecule has 6 nitrogen and oxygen atoms in total. The van der Waals surface area contributed by atoms with E-state index in [-0.39, 0.29) is 0 Å². The summed E-state index contributed by atoms with van der Waals surface area (Å²) in [5.74, 6) is -3.38. The largest absolute Gasteiger partial charge is 0.480 e. The van der Waals surface area contributed by atoms with Crippen LogP contribution in [0.25, 0.3) is 0 Å². The van der Waals surface area contributed by atoms with E-state index in [0.29, 0.717) is 6.92 Å². The second-order valence-electron chi connectivity index (χ2n) is 3.73. The summed E-state index contributed by atoms with van der Waals surface area (Å²) < 4.78 is 37.0. The Morgan fingerprint density at radius 2 is 1.76 bits per heavy atom. The smallest absolute Gasteiger partial charge is 0.415 e. The van der Waals surface area contributed by atoms with Crippen LogP contribution in [0.15, 0.2) is 0 Å². The first-order valence-corrected chi connectivity index (χ1v) is 4.48. The molecule has 0 radical (unpaired) electrons. The Balaban J connectivity index is 4.92. The minimum Gasteiger partial charge on any atom is -0.480 e. The van der Waals surface area contributed by atoms with Crippen molar-refractivity contribution in [3.05, 3.63) is 0 Å². The first-order chi connectivity index (χ1) is 7.41. The molecule has 17 heavy (non-hydrogen) atoms. The van der Waals surface area contributed by atoms with Gasteiger partial charge in [-0.15, -0.1) is 0 Å². The molecule has 9 heteroatoms. The van der Waals surface area contributed by atoms with Crippen molar-refractivity contribution in [2.75, 3.05) is 0 Å². The number of aliphatic hydroxyl groups excluding tert-OH is 1. The Bertz CT molecular complexity index is 314. The van der Waals surface area contributed by atoms with E-state index in [1.807, 2.05) is 0 Å². The van der Waals surface area contributed by atoms with Crippen molar-refractivity contribution in [2.45, 2.75) is 37.7 Å². The van der Waals surface area contributed by atoms with E-state index in [1.165, 1.54) is 5.32 Å². The van der Waals surface area contributed by atoms with Crippen LogP contribution in [0.1, 0.15) is 13.8 Å². The fourth-order valence-corrected chi connectivity index (χ4v) is 0.809. The molecule has 0 saturated carbocycles. The highest BCUT2D eigenvalue weighted by molar-refractivity contribution is 5.90. The summed E-state index contributed by atoms with van der Waals surface area (Å²) in [6, 6.07) is -1.85. The van der Waals surface area contributed by atoms with Crippen molar-refractivity contribution >= 4 is 11.9 Å². The number of rotatable bonds is 4. The van der Waals surface area contributed by atoms with Crippen LogP contribution in [0.3, 0.4) is 0 Å². The van der Waals surface area contributed by atoms with Crippen LogP contribution in [0.5, 0.6) is 0 Å². The monoisotopic (exact) mass is 258 g/mol. The van der Waals surface area contributed by atoms with Crippen LogP contribution in [-0.4, -0.2) is 46.0 Å². The molecule has 0 bridgehead atoms. The van der Waals surface area contributed by atoms with Crippen molar-refractivity contribution in [1.29, 1.82) is 0 Å². The lowest BCUT2D eigenvalue weighted by Gasteiger charge is -2.28. The molecule has 0 spiro atoms. The van der Waals surface area contributed by atoms with Gasteiger partial charge in [-0.05, 0) is 13.8 Å². The SMILES string of the molecule is CC(O)C(NC(=O)C(C)(N)C(F)(F)F)C(=O)O. The maximum Gasteiger partial charge on any atom is 0.415 e. The number of aliphatic carboxylic acids is 1. The first kappa shape index (κ1) is 15.7. The van der Waals surface area contributed by atoms with E-state index in [4.69, 9.17) is 15.9 Å². The molecule has 0 fully saturated rings. The third-order valence-electron chi connectivity index (χ3n) is 2.10. The van der Waals surface area contributed by atoms with E-state index in [2.05, 4.69) is 0 Å². The fourth-order valence-electron chi connectivity index (χ4n) is 0.809. The summed E-state index contributed by atoms with van der Waals surface area (Å²) in [6.07, 6.45) is -6.58. The van der Waals surface area contributed by atoms with Crippen LogP contribution in [-0.2, 0) is 9.59 Å². The predicted octanol–water partition coefficient (Wildman–Crippen LogP) is -0.784. The molecule has 0 aliphatic carbocycles. The number of carbonyl (C=O) groups excluding carboxylic acids is 1. The minimum absolute atomic E-state index is 0.406. The second-order valence-corrected chi connectivity index (χ2v) is 3.73. The van der Waals surface area contributed by atoms with Crippen molar-refractivity contribution in [2.24, 2.45) is 5.73 Å². The number of carboxylic acid groups (broad SMARTS) is 1. The van der Waals surface area contributed by atoms with Gasteiger partial charge in [0.15, 0.2) is 11.6 Å². The molecule has 0 aromatic rings. The van der Waals surface area contributed by atoms with Gasteiger partial charge < -0.3 is 21.3 Å². The lowest BCUT2D eigenvalue weighted by Crippen LogP contribution is -2.64. The molecule has 0 heterocycles. The number of aliphatic hydroxyl groups is 1. The number of carboxylic acids is 1. The van der Waals surface area contributed by atoms with Crippen LogP contribution < -0.4 is 11.1 Å². The van der Waals surface area contributed by atoms with Gasteiger partial charge in [0.1, 0.15) is 0 Å². The Labute approximate surface area is 94.6 Å². The molecule has 1 amide bonds. The van der Waals surface area contributed by atoms with Crippen LogP contribution in [0, 0.1) is 0 Å². The summed E-state index contributed by atoms with van der Waals surface area (Å²) in [5, 5.41) is 19.1. The van der Waals surface area contributed by atoms with Crippen LogP contribution in [0.2, 0.25) is 0 Å². The van der Waals surface area contributed by atoms with E-state index in [1.54, 1.807) is 0 Å². The van der Waals surface area contributed by atoms with Gasteiger partial charge in [-0.25, -0.2) is 4.79 Å². The van der Waals surface area contributed by atoms with Gasteiger partial charge in [0.25, 0.3) is 0 Å². The maximum absolute atomic E-state index is 12.3. The normalized spacial score (nSPS) is 19.0. The first-order valence-electron chi connectivity index (χ1n) is 4.48. The Hall–Kier alpha value is -1.35. The van der Waals surface area contributed by atoms with E-state index >= 15 is 0 Å². The van der Waals surface area contributed by atoms with Gasteiger partial charge in [0.05, 0.1) is 6.10 Å². The number of amides is 1. The highest BCUT2D eigenvalue weighted by Gasteiger charge is 2.54. The minimum atomic E-state index is -5.03. The van der Waals surface area contributed by atoms with E-state index in [0.717, 1.165) is 6.92 Å². The standard InChI is InChI=1S/C8H13F3N2O4/c1-3(14)4(5(15)16)13-6(17)7(2,12)8(9,10)11/h3-4,14H,12H2,1-2H3,(H,13,17)(H,15,16). The molecule has 0 aliphatic rings. The Kier molecular flexibility index (Phi) is 4.49. The number of hydrogen-bond donors (Lipinski definition) is 4. The fraction of sp³-hybridized carbons (Fsp3) is 0.750. The third-order valence-corrected chi connectivity index (χ3v) is 2.10. The molecule has 0 rings (SSSR count). The molecule has 0 saturated heterocycles. The van der Waals surface area contributed by atoms with Crippen LogP contribution >= 0.6 is 0 Å². The van der Waals surface area contributed by atoms with Gasteiger partial charge in [-0.1, -0.05) is 0 Å². The number of nitrogens with one attached hydrogen (secondary N) is 1. The van der Waals surface area contributed by atoms with Gasteiger partial charge in [-0.3, -0.25) is 4.79 Å². The number of halogens is 3. The lowest BCUT2D eigenvalue weighted by molar-refractivity contribution is -0.188. The van der Waals surface area contributed by atoms with E-state index in [9.17, 15) is 22.8 Å². The molecule has 3 unspecified atom stereocenters. The average molecular weight is 258 g/mol. The summed E-state index contributed by atoms with van der Waals surface area (Å²) in [7, 11) is 0. The van der Waals surface area contributed by atoms with Gasteiger partial charge in [0, 0.05) is 0 Å². The zero-order valence-corrected chi connectivity index (χ0v) is 9.08. The van der Waals surface area contributed by atoms with Crippen molar-refractivity contribution < 1.29 is 33.0 Å². The molecule has 100 valence electrons. The molecular formula is C8H13F3N2O4. The van der Waals surface area contributed by atoms with Gasteiger partial charge in [-0.2, -0.15) is 13.2 Å². The third kappa shape index (κ3) is 3.56. The molecular weight excluding hydrogens is 245 g/mol. The summed E-state index contributed by atoms with van der Waals surface area (Å²) in [5.41, 5.74) is 1.55. The summed E-state index contributed by atoms with van der Waals surface area (Å²) in [6.45, 7) is 1.42. The second kappa shape index (κ2) is 4.88. The van der Waals surface area contributed by atoms with Crippen molar-refractivity contribution in [1.82, 2.24) is 5.32 Å². The topological polar surface area (TPSA) is 113 Å². The number of alkyl halides is 3. The highest BCUT2D eigenvalue weighted by Crippen LogP contribution is 2.28. The average Bonchev–Trinajstić information content (AvgIpc) is 2.10. The van der Waals surface area contributed by atoms with Crippen LogP contribution in [0.4, 0.5) is 13.2 Å². The highest BCUT2D eigenvalue weighted by atomic mass is 19.4. The number of nitrogens with two attached hydrogens (primary N) is 1. The maximum atomic E-state index is 12.3. The summed E-state index contributed by atoms with van der Waals surface area (Å²) in [4.78, 5) is 21.8. The number of hydrogen-bond acceptors (Lipinski definition) is 4. The van der Waals surface area contributed by atoms with Crippen molar-refractivity contribution in [3.63, 3.8) is 0 Å². The summed E-state index contributed by atoms with van der Waals surface area (Å²) >= 11 is 0. The Morgan fingerprint density at radius 1 is 1.35 bits per heavy atom. The predicted molar refractivity (Wildman–Crippen MR) is 49.9 cm³/mol. The zero-order chi connectivity index (χ0) is 14.0. The molecule has 0 aromatic heterocycles. The van der Waals surface area contributed by atoms with E-state index < -0.39 is 35.7 Å². The number of carbonyl (C=O) groups is 2. The van der Waals surface area contributed by atoms with Gasteiger partial charge in [0.2, 0.25) is 5.91 Å².